The van der Waals surface area contributed by atoms with Crippen molar-refractivity contribution in [1.29, 1.82) is 0 Å². The van der Waals surface area contributed by atoms with Crippen LogP contribution in [0, 0.1) is 0 Å². The van der Waals surface area contributed by atoms with Crippen LogP contribution in [-0.4, -0.2) is 47.6 Å². The summed E-state index contributed by atoms with van der Waals surface area (Å²) in [5.74, 6) is 0.868. The molecule has 0 radical (unpaired) electrons. The van der Waals surface area contributed by atoms with Crippen LogP contribution in [0.3, 0.4) is 0 Å². The van der Waals surface area contributed by atoms with Gasteiger partial charge < -0.3 is 4.90 Å². The van der Waals surface area contributed by atoms with Gasteiger partial charge in [-0.15, -0.1) is 0 Å². The molecule has 0 atom stereocenters. The molecule has 4 nitrogen and oxygen atoms in total. The first-order chi connectivity index (χ1) is 7.81. The molecular formula is C11H17ClN4. The van der Waals surface area contributed by atoms with Crippen LogP contribution in [0.1, 0.15) is 13.3 Å². The smallest absolute Gasteiger partial charge is 0.150 e. The second-order valence-electron chi connectivity index (χ2n) is 4.02. The van der Waals surface area contributed by atoms with E-state index in [4.69, 9.17) is 11.6 Å². The van der Waals surface area contributed by atoms with Gasteiger partial charge in [-0.25, -0.2) is 9.97 Å². The summed E-state index contributed by atoms with van der Waals surface area (Å²) in [7, 11) is 0. The van der Waals surface area contributed by atoms with E-state index in [0.717, 1.165) is 32.0 Å². The Labute approximate surface area is 101 Å². The van der Waals surface area contributed by atoms with Crippen molar-refractivity contribution in [3.05, 3.63) is 17.5 Å². The topological polar surface area (TPSA) is 32.3 Å². The lowest BCUT2D eigenvalue weighted by molar-refractivity contribution is 0.258. The lowest BCUT2D eigenvalue weighted by Gasteiger charge is -2.35. The van der Waals surface area contributed by atoms with Crippen LogP contribution in [0.25, 0.3) is 0 Å². The van der Waals surface area contributed by atoms with Crippen LogP contribution in [0.5, 0.6) is 0 Å². The molecule has 16 heavy (non-hydrogen) atoms. The van der Waals surface area contributed by atoms with Crippen LogP contribution < -0.4 is 4.90 Å². The molecule has 88 valence electrons. The van der Waals surface area contributed by atoms with Crippen molar-refractivity contribution in [2.24, 2.45) is 0 Å². The fourth-order valence-electron chi connectivity index (χ4n) is 2.04. The molecule has 0 bridgehead atoms. The molecule has 1 aliphatic heterocycles. The predicted octanol–water partition coefficient (Wildman–Crippen LogP) is 1.66. The summed E-state index contributed by atoms with van der Waals surface area (Å²) in [6.07, 6.45) is 4.43. The molecule has 0 aliphatic carbocycles. The molecule has 2 heterocycles. The van der Waals surface area contributed by atoms with E-state index in [1.165, 1.54) is 13.0 Å². The standard InChI is InChI=1S/C11H17ClN4/c1-2-3-15-4-6-16(7-5-15)11-10(12)8-13-9-14-11/h8-9H,2-7H2,1H3. The molecule has 0 amide bonds. The highest BCUT2D eigenvalue weighted by molar-refractivity contribution is 6.32. The van der Waals surface area contributed by atoms with Crippen molar-refractivity contribution in [3.8, 4) is 0 Å². The quantitative estimate of drug-likeness (QED) is 0.805. The lowest BCUT2D eigenvalue weighted by atomic mass is 10.3. The third-order valence-corrected chi connectivity index (χ3v) is 3.13. The molecule has 0 unspecified atom stereocenters. The van der Waals surface area contributed by atoms with E-state index in [9.17, 15) is 0 Å². The Balaban J connectivity index is 1.96. The summed E-state index contributed by atoms with van der Waals surface area (Å²) in [5, 5.41) is 0.645. The number of rotatable bonds is 3. The third kappa shape index (κ3) is 2.62. The number of halogens is 1. The molecule has 2 rings (SSSR count). The third-order valence-electron chi connectivity index (χ3n) is 2.86. The fourth-order valence-corrected chi connectivity index (χ4v) is 2.26. The van der Waals surface area contributed by atoms with Crippen molar-refractivity contribution in [1.82, 2.24) is 14.9 Å². The molecule has 5 heteroatoms. The largest absolute Gasteiger partial charge is 0.353 e. The van der Waals surface area contributed by atoms with Gasteiger partial charge in [-0.2, -0.15) is 0 Å². The number of nitrogens with zero attached hydrogens (tertiary/aromatic N) is 4. The molecule has 0 saturated carbocycles. The van der Waals surface area contributed by atoms with Gasteiger partial charge in [-0.3, -0.25) is 4.90 Å². The maximum absolute atomic E-state index is 6.07. The average molecular weight is 241 g/mol. The number of piperazine rings is 1. The Kier molecular flexibility index (Phi) is 3.96. The van der Waals surface area contributed by atoms with Crippen LogP contribution in [-0.2, 0) is 0 Å². The molecular weight excluding hydrogens is 224 g/mol. The van der Waals surface area contributed by atoms with E-state index in [1.807, 2.05) is 0 Å². The van der Waals surface area contributed by atoms with Crippen LogP contribution in [0.15, 0.2) is 12.5 Å². The molecule has 1 fully saturated rings. The van der Waals surface area contributed by atoms with E-state index < -0.39 is 0 Å². The summed E-state index contributed by atoms with van der Waals surface area (Å²) in [4.78, 5) is 12.9. The monoisotopic (exact) mass is 240 g/mol. The summed E-state index contributed by atoms with van der Waals surface area (Å²) in [6, 6.07) is 0. The van der Waals surface area contributed by atoms with Crippen molar-refractivity contribution in [2.45, 2.75) is 13.3 Å². The van der Waals surface area contributed by atoms with E-state index in [1.54, 1.807) is 12.5 Å². The fraction of sp³-hybridized carbons (Fsp3) is 0.636. The maximum Gasteiger partial charge on any atom is 0.150 e. The first-order valence-electron chi connectivity index (χ1n) is 5.74. The minimum Gasteiger partial charge on any atom is -0.353 e. The second-order valence-corrected chi connectivity index (χ2v) is 4.43. The van der Waals surface area contributed by atoms with Crippen LogP contribution in [0.2, 0.25) is 5.02 Å². The van der Waals surface area contributed by atoms with Gasteiger partial charge in [0, 0.05) is 26.2 Å². The zero-order chi connectivity index (χ0) is 11.4. The number of anilines is 1. The van der Waals surface area contributed by atoms with Crippen molar-refractivity contribution in [2.75, 3.05) is 37.6 Å². The Bertz CT molecular complexity index is 337. The Hall–Kier alpha value is -0.870. The Morgan fingerprint density at radius 3 is 2.69 bits per heavy atom. The summed E-state index contributed by atoms with van der Waals surface area (Å²) >= 11 is 6.07. The van der Waals surface area contributed by atoms with E-state index in [-0.39, 0.29) is 0 Å². The van der Waals surface area contributed by atoms with Gasteiger partial charge in [0.05, 0.1) is 6.20 Å². The van der Waals surface area contributed by atoms with Gasteiger partial charge in [-0.1, -0.05) is 18.5 Å². The summed E-state index contributed by atoms with van der Waals surface area (Å²) in [6.45, 7) is 7.58. The normalized spacial score (nSPS) is 17.8. The number of hydrogen-bond donors (Lipinski definition) is 0. The molecule has 1 aromatic rings. The predicted molar refractivity (Wildman–Crippen MR) is 66.0 cm³/mol. The second kappa shape index (κ2) is 5.46. The van der Waals surface area contributed by atoms with E-state index in [0.29, 0.717) is 5.02 Å². The molecule has 0 aromatic carbocycles. The lowest BCUT2D eigenvalue weighted by Crippen LogP contribution is -2.46. The highest BCUT2D eigenvalue weighted by atomic mass is 35.5. The van der Waals surface area contributed by atoms with Crippen LogP contribution >= 0.6 is 11.6 Å². The minimum absolute atomic E-state index is 0.645. The summed E-state index contributed by atoms with van der Waals surface area (Å²) < 4.78 is 0. The molecule has 0 N–H and O–H groups in total. The van der Waals surface area contributed by atoms with Crippen LogP contribution in [0.4, 0.5) is 5.82 Å². The molecule has 0 spiro atoms. The number of hydrogen-bond acceptors (Lipinski definition) is 4. The van der Waals surface area contributed by atoms with Crippen molar-refractivity contribution in [3.63, 3.8) is 0 Å². The Morgan fingerprint density at radius 1 is 1.31 bits per heavy atom. The van der Waals surface area contributed by atoms with Gasteiger partial charge >= 0.3 is 0 Å². The van der Waals surface area contributed by atoms with Gasteiger partial charge in [0.25, 0.3) is 0 Å². The SMILES string of the molecule is CCCN1CCN(c2ncncc2Cl)CC1. The van der Waals surface area contributed by atoms with Gasteiger partial charge in [0.15, 0.2) is 5.82 Å². The first kappa shape index (κ1) is 11.6. The highest BCUT2D eigenvalue weighted by Gasteiger charge is 2.18. The van der Waals surface area contributed by atoms with Gasteiger partial charge in [0.2, 0.25) is 0 Å². The van der Waals surface area contributed by atoms with Crippen molar-refractivity contribution >= 4 is 17.4 Å². The van der Waals surface area contributed by atoms with E-state index >= 15 is 0 Å². The zero-order valence-corrected chi connectivity index (χ0v) is 10.3. The first-order valence-corrected chi connectivity index (χ1v) is 6.12. The highest BCUT2D eigenvalue weighted by Crippen LogP contribution is 2.22. The van der Waals surface area contributed by atoms with Gasteiger partial charge in [-0.05, 0) is 13.0 Å². The molecule has 1 aromatic heterocycles. The average Bonchev–Trinajstić information content (AvgIpc) is 2.31. The van der Waals surface area contributed by atoms with Gasteiger partial charge in [0.1, 0.15) is 11.3 Å². The summed E-state index contributed by atoms with van der Waals surface area (Å²) in [5.41, 5.74) is 0. The van der Waals surface area contributed by atoms with Crippen molar-refractivity contribution < 1.29 is 0 Å². The minimum atomic E-state index is 0.645. The molecule has 1 saturated heterocycles. The Morgan fingerprint density at radius 2 is 2.06 bits per heavy atom. The maximum atomic E-state index is 6.07. The van der Waals surface area contributed by atoms with E-state index in [2.05, 4.69) is 26.7 Å². The zero-order valence-electron chi connectivity index (χ0n) is 9.56. The number of aromatic nitrogens is 2. The molecule has 1 aliphatic rings.